The second kappa shape index (κ2) is 7.29. The highest BCUT2D eigenvalue weighted by Crippen LogP contribution is 2.15. The predicted molar refractivity (Wildman–Crippen MR) is 71.7 cm³/mol. The summed E-state index contributed by atoms with van der Waals surface area (Å²) < 4.78 is 0. The lowest BCUT2D eigenvalue weighted by atomic mass is 10.2. The van der Waals surface area contributed by atoms with Crippen molar-refractivity contribution < 1.29 is 0 Å². The van der Waals surface area contributed by atoms with Gasteiger partial charge in [-0.3, -0.25) is 0 Å². The van der Waals surface area contributed by atoms with Gasteiger partial charge >= 0.3 is 0 Å². The first-order chi connectivity index (χ1) is 7.81. The van der Waals surface area contributed by atoms with Crippen LogP contribution in [0, 0.1) is 0 Å². The van der Waals surface area contributed by atoms with Gasteiger partial charge < -0.3 is 10.6 Å². The zero-order valence-electron chi connectivity index (χ0n) is 10.6. The summed E-state index contributed by atoms with van der Waals surface area (Å²) in [5.41, 5.74) is 8.11. The average molecular weight is 220 g/mol. The third kappa shape index (κ3) is 3.86. The minimum atomic E-state index is 0.627. The highest BCUT2D eigenvalue weighted by Gasteiger charge is 2.03. The number of hydrogen-bond donors (Lipinski definition) is 1. The monoisotopic (exact) mass is 220 g/mol. The van der Waals surface area contributed by atoms with E-state index in [9.17, 15) is 0 Å². The van der Waals surface area contributed by atoms with Crippen LogP contribution in [0.15, 0.2) is 24.3 Å². The largest absolute Gasteiger partial charge is 0.372 e. The van der Waals surface area contributed by atoms with Crippen molar-refractivity contribution in [1.29, 1.82) is 0 Å². The SMILES string of the molecule is CCCCCN(CC)c1ccc(CN)cc1. The molecule has 0 aliphatic carbocycles. The van der Waals surface area contributed by atoms with Gasteiger partial charge in [0.05, 0.1) is 0 Å². The molecule has 0 aliphatic rings. The van der Waals surface area contributed by atoms with E-state index in [-0.39, 0.29) is 0 Å². The van der Waals surface area contributed by atoms with Gasteiger partial charge in [-0.15, -0.1) is 0 Å². The topological polar surface area (TPSA) is 29.3 Å². The summed E-state index contributed by atoms with van der Waals surface area (Å²) in [6.07, 6.45) is 3.88. The molecule has 16 heavy (non-hydrogen) atoms. The molecule has 0 saturated carbocycles. The van der Waals surface area contributed by atoms with Crippen molar-refractivity contribution in [2.75, 3.05) is 18.0 Å². The third-order valence-electron chi connectivity index (χ3n) is 2.95. The van der Waals surface area contributed by atoms with Crippen molar-refractivity contribution in [3.05, 3.63) is 29.8 Å². The van der Waals surface area contributed by atoms with Crippen LogP contribution in [0.4, 0.5) is 5.69 Å². The number of benzene rings is 1. The van der Waals surface area contributed by atoms with Gasteiger partial charge in [-0.25, -0.2) is 0 Å². The first kappa shape index (κ1) is 13.0. The second-order valence-corrected chi connectivity index (χ2v) is 4.16. The molecule has 2 N–H and O–H groups in total. The van der Waals surface area contributed by atoms with Crippen LogP contribution in [0.1, 0.15) is 38.7 Å². The summed E-state index contributed by atoms with van der Waals surface area (Å²) >= 11 is 0. The molecule has 0 heterocycles. The molecule has 2 nitrogen and oxygen atoms in total. The van der Waals surface area contributed by atoms with E-state index < -0.39 is 0 Å². The molecule has 1 aromatic rings. The Morgan fingerprint density at radius 2 is 1.75 bits per heavy atom. The van der Waals surface area contributed by atoms with E-state index in [1.54, 1.807) is 0 Å². The second-order valence-electron chi connectivity index (χ2n) is 4.16. The first-order valence-corrected chi connectivity index (χ1v) is 6.35. The first-order valence-electron chi connectivity index (χ1n) is 6.35. The molecule has 0 aromatic heterocycles. The van der Waals surface area contributed by atoms with Gasteiger partial charge in [-0.1, -0.05) is 31.9 Å². The Bertz CT molecular complexity index is 279. The highest BCUT2D eigenvalue weighted by atomic mass is 15.1. The van der Waals surface area contributed by atoms with Gasteiger partial charge in [-0.05, 0) is 31.0 Å². The van der Waals surface area contributed by atoms with E-state index in [1.807, 2.05) is 0 Å². The van der Waals surface area contributed by atoms with E-state index in [4.69, 9.17) is 5.73 Å². The van der Waals surface area contributed by atoms with Crippen LogP contribution in [0.2, 0.25) is 0 Å². The van der Waals surface area contributed by atoms with Crippen molar-refractivity contribution in [3.8, 4) is 0 Å². The molecule has 0 saturated heterocycles. The lowest BCUT2D eigenvalue weighted by Crippen LogP contribution is -2.23. The maximum atomic E-state index is 5.59. The number of anilines is 1. The minimum Gasteiger partial charge on any atom is -0.372 e. The van der Waals surface area contributed by atoms with Crippen LogP contribution in [-0.4, -0.2) is 13.1 Å². The summed E-state index contributed by atoms with van der Waals surface area (Å²) in [7, 11) is 0. The van der Waals surface area contributed by atoms with Gasteiger partial charge in [0, 0.05) is 25.3 Å². The van der Waals surface area contributed by atoms with E-state index in [0.29, 0.717) is 6.54 Å². The smallest absolute Gasteiger partial charge is 0.0366 e. The van der Waals surface area contributed by atoms with Crippen molar-refractivity contribution in [3.63, 3.8) is 0 Å². The quantitative estimate of drug-likeness (QED) is 0.715. The highest BCUT2D eigenvalue weighted by molar-refractivity contribution is 5.47. The van der Waals surface area contributed by atoms with Crippen molar-refractivity contribution >= 4 is 5.69 Å². The Balaban J connectivity index is 2.56. The number of hydrogen-bond acceptors (Lipinski definition) is 2. The van der Waals surface area contributed by atoms with Crippen LogP contribution >= 0.6 is 0 Å². The molecule has 90 valence electrons. The number of rotatable bonds is 7. The molecule has 0 amide bonds. The average Bonchev–Trinajstić information content (AvgIpc) is 2.35. The molecule has 0 radical (unpaired) electrons. The van der Waals surface area contributed by atoms with Gasteiger partial charge in [0.1, 0.15) is 0 Å². The maximum absolute atomic E-state index is 5.59. The number of nitrogens with two attached hydrogens (primary N) is 1. The van der Waals surface area contributed by atoms with Crippen molar-refractivity contribution in [1.82, 2.24) is 0 Å². The summed E-state index contributed by atoms with van der Waals surface area (Å²) in [6, 6.07) is 8.60. The van der Waals surface area contributed by atoms with Crippen LogP contribution in [-0.2, 0) is 6.54 Å². The molecular weight excluding hydrogens is 196 g/mol. The summed E-state index contributed by atoms with van der Waals surface area (Å²) in [6.45, 7) is 7.31. The molecule has 1 aromatic carbocycles. The van der Waals surface area contributed by atoms with E-state index in [0.717, 1.165) is 13.1 Å². The molecule has 0 bridgehead atoms. The van der Waals surface area contributed by atoms with Gasteiger partial charge in [0.2, 0.25) is 0 Å². The maximum Gasteiger partial charge on any atom is 0.0366 e. The van der Waals surface area contributed by atoms with E-state index >= 15 is 0 Å². The van der Waals surface area contributed by atoms with Crippen LogP contribution in [0.25, 0.3) is 0 Å². The number of unbranched alkanes of at least 4 members (excludes halogenated alkanes) is 2. The Morgan fingerprint density at radius 3 is 2.25 bits per heavy atom. The third-order valence-corrected chi connectivity index (χ3v) is 2.95. The summed E-state index contributed by atoms with van der Waals surface area (Å²) in [4.78, 5) is 2.43. The van der Waals surface area contributed by atoms with Gasteiger partial charge in [-0.2, -0.15) is 0 Å². The van der Waals surface area contributed by atoms with E-state index in [1.165, 1.54) is 30.5 Å². The van der Waals surface area contributed by atoms with Crippen LogP contribution in [0.5, 0.6) is 0 Å². The Labute approximate surface area is 99.5 Å². The summed E-state index contributed by atoms with van der Waals surface area (Å²) in [5.74, 6) is 0. The molecule has 0 fully saturated rings. The lowest BCUT2D eigenvalue weighted by Gasteiger charge is -2.23. The molecule has 0 atom stereocenters. The Morgan fingerprint density at radius 1 is 1.06 bits per heavy atom. The zero-order chi connectivity index (χ0) is 11.8. The van der Waals surface area contributed by atoms with Crippen LogP contribution < -0.4 is 10.6 Å². The summed E-state index contributed by atoms with van der Waals surface area (Å²) in [5, 5.41) is 0. The van der Waals surface area contributed by atoms with Gasteiger partial charge in [0.15, 0.2) is 0 Å². The fourth-order valence-corrected chi connectivity index (χ4v) is 1.87. The lowest BCUT2D eigenvalue weighted by molar-refractivity contribution is 0.685. The molecule has 0 spiro atoms. The zero-order valence-corrected chi connectivity index (χ0v) is 10.6. The Hall–Kier alpha value is -1.02. The standard InChI is InChI=1S/C14H24N2/c1-3-5-6-11-16(4-2)14-9-7-13(12-15)8-10-14/h7-10H,3-6,11-12,15H2,1-2H3. The molecular formula is C14H24N2. The Kier molecular flexibility index (Phi) is 5.94. The normalized spacial score (nSPS) is 10.4. The van der Waals surface area contributed by atoms with Crippen LogP contribution in [0.3, 0.4) is 0 Å². The molecule has 1 rings (SSSR count). The minimum absolute atomic E-state index is 0.627. The fourth-order valence-electron chi connectivity index (χ4n) is 1.87. The molecule has 0 aliphatic heterocycles. The number of nitrogens with zero attached hydrogens (tertiary/aromatic N) is 1. The van der Waals surface area contributed by atoms with Crippen molar-refractivity contribution in [2.24, 2.45) is 5.73 Å². The predicted octanol–water partition coefficient (Wildman–Crippen LogP) is 3.16. The molecule has 0 unspecified atom stereocenters. The van der Waals surface area contributed by atoms with Gasteiger partial charge in [0.25, 0.3) is 0 Å². The van der Waals surface area contributed by atoms with Crippen molar-refractivity contribution in [2.45, 2.75) is 39.7 Å². The van der Waals surface area contributed by atoms with E-state index in [2.05, 4.69) is 43.0 Å². The molecule has 2 heteroatoms. The fraction of sp³-hybridized carbons (Fsp3) is 0.571.